The highest BCUT2D eigenvalue weighted by molar-refractivity contribution is 9.10. The summed E-state index contributed by atoms with van der Waals surface area (Å²) in [6, 6.07) is 11.3. The number of sulfonamides is 1. The van der Waals surface area contributed by atoms with Crippen LogP contribution in [0, 0.1) is 0 Å². The van der Waals surface area contributed by atoms with Crippen molar-refractivity contribution in [3.63, 3.8) is 0 Å². The molecule has 1 aromatic heterocycles. The van der Waals surface area contributed by atoms with Gasteiger partial charge in [-0.05, 0) is 46.3 Å². The standard InChI is InChI=1S/C18H17BrN2O5S/c1-21(2)27(23,24)12-7-8-15(25-3)14(10-12)20-18(22)16-9-11-5-4-6-13(19)17(11)26-16/h4-10H,1-3H3,(H,20,22). The Bertz CT molecular complexity index is 1120. The number of furan rings is 1. The van der Waals surface area contributed by atoms with E-state index in [4.69, 9.17) is 9.15 Å². The van der Waals surface area contributed by atoms with Gasteiger partial charge in [-0.2, -0.15) is 0 Å². The van der Waals surface area contributed by atoms with Crippen LogP contribution in [0.3, 0.4) is 0 Å². The zero-order valence-electron chi connectivity index (χ0n) is 14.8. The summed E-state index contributed by atoms with van der Waals surface area (Å²) in [5.41, 5.74) is 0.781. The normalized spacial score (nSPS) is 11.7. The number of amides is 1. The molecule has 9 heteroatoms. The second-order valence-corrected chi connectivity index (χ2v) is 8.88. The maximum atomic E-state index is 12.6. The molecule has 0 aliphatic carbocycles. The first-order valence-corrected chi connectivity index (χ1v) is 10.1. The number of para-hydroxylation sites is 1. The van der Waals surface area contributed by atoms with E-state index in [-0.39, 0.29) is 16.3 Å². The third-order valence-electron chi connectivity index (χ3n) is 3.92. The molecule has 0 radical (unpaired) electrons. The van der Waals surface area contributed by atoms with Crippen molar-refractivity contribution in [2.45, 2.75) is 4.90 Å². The number of carbonyl (C=O) groups is 1. The molecule has 0 saturated carbocycles. The Kier molecular flexibility index (Phi) is 5.27. The first-order valence-electron chi connectivity index (χ1n) is 7.84. The molecule has 1 N–H and O–H groups in total. The molecule has 0 aliphatic heterocycles. The predicted octanol–water partition coefficient (Wildman–Crippen LogP) is 3.71. The van der Waals surface area contributed by atoms with E-state index >= 15 is 0 Å². The van der Waals surface area contributed by atoms with Gasteiger partial charge in [-0.3, -0.25) is 4.79 Å². The Morgan fingerprint density at radius 2 is 1.93 bits per heavy atom. The minimum atomic E-state index is -3.65. The Balaban J connectivity index is 1.98. The van der Waals surface area contributed by atoms with E-state index in [2.05, 4.69) is 21.2 Å². The maximum absolute atomic E-state index is 12.6. The van der Waals surface area contributed by atoms with Crippen LogP contribution >= 0.6 is 15.9 Å². The van der Waals surface area contributed by atoms with Crippen molar-refractivity contribution >= 4 is 48.5 Å². The van der Waals surface area contributed by atoms with Gasteiger partial charge >= 0.3 is 0 Å². The number of carbonyl (C=O) groups excluding carboxylic acids is 1. The van der Waals surface area contributed by atoms with E-state index in [1.165, 1.54) is 39.4 Å². The largest absolute Gasteiger partial charge is 0.495 e. The second kappa shape index (κ2) is 7.34. The van der Waals surface area contributed by atoms with E-state index in [1.54, 1.807) is 6.07 Å². The van der Waals surface area contributed by atoms with Crippen molar-refractivity contribution in [2.24, 2.45) is 0 Å². The second-order valence-electron chi connectivity index (χ2n) is 5.87. The van der Waals surface area contributed by atoms with Crippen molar-refractivity contribution in [1.82, 2.24) is 4.31 Å². The lowest BCUT2D eigenvalue weighted by molar-refractivity contribution is 0.0998. The summed E-state index contributed by atoms with van der Waals surface area (Å²) < 4.78 is 37.4. The van der Waals surface area contributed by atoms with E-state index in [1.807, 2.05) is 18.2 Å². The summed E-state index contributed by atoms with van der Waals surface area (Å²) in [7, 11) is 0.649. The number of anilines is 1. The van der Waals surface area contributed by atoms with Crippen molar-refractivity contribution in [3.8, 4) is 5.75 Å². The quantitative estimate of drug-likeness (QED) is 0.637. The molecule has 0 fully saturated rings. The number of rotatable bonds is 5. The van der Waals surface area contributed by atoms with Crippen molar-refractivity contribution in [2.75, 3.05) is 26.5 Å². The minimum Gasteiger partial charge on any atom is -0.495 e. The van der Waals surface area contributed by atoms with Crippen molar-refractivity contribution < 1.29 is 22.4 Å². The zero-order chi connectivity index (χ0) is 19.8. The number of methoxy groups -OCH3 is 1. The number of fused-ring (bicyclic) bond motifs is 1. The molecule has 1 heterocycles. The van der Waals surface area contributed by atoms with Crippen LogP contribution in [0.15, 0.2) is 56.2 Å². The number of ether oxygens (including phenoxy) is 1. The van der Waals surface area contributed by atoms with Gasteiger partial charge in [-0.25, -0.2) is 12.7 Å². The lowest BCUT2D eigenvalue weighted by Gasteiger charge is -2.14. The van der Waals surface area contributed by atoms with Gasteiger partial charge in [0.2, 0.25) is 10.0 Å². The molecule has 0 aliphatic rings. The number of benzene rings is 2. The first kappa shape index (κ1) is 19.4. The highest BCUT2D eigenvalue weighted by atomic mass is 79.9. The molecule has 3 rings (SSSR count). The zero-order valence-corrected chi connectivity index (χ0v) is 17.2. The van der Waals surface area contributed by atoms with E-state index in [9.17, 15) is 13.2 Å². The lowest BCUT2D eigenvalue weighted by Crippen LogP contribution is -2.22. The fraction of sp³-hybridized carbons (Fsp3) is 0.167. The van der Waals surface area contributed by atoms with Crippen molar-refractivity contribution in [3.05, 3.63) is 52.7 Å². The third-order valence-corrected chi connectivity index (χ3v) is 6.35. The van der Waals surface area contributed by atoms with Crippen molar-refractivity contribution in [1.29, 1.82) is 0 Å². The number of hydrogen-bond acceptors (Lipinski definition) is 5. The van der Waals surface area contributed by atoms with E-state index in [0.29, 0.717) is 11.3 Å². The van der Waals surface area contributed by atoms with Crippen LogP contribution in [0.2, 0.25) is 0 Å². The highest BCUT2D eigenvalue weighted by Gasteiger charge is 2.21. The Morgan fingerprint density at radius 1 is 1.19 bits per heavy atom. The summed E-state index contributed by atoms with van der Waals surface area (Å²) in [6.07, 6.45) is 0. The Labute approximate surface area is 165 Å². The average Bonchev–Trinajstić information content (AvgIpc) is 3.07. The predicted molar refractivity (Wildman–Crippen MR) is 106 cm³/mol. The topological polar surface area (TPSA) is 88.9 Å². The first-order chi connectivity index (χ1) is 12.7. The van der Waals surface area contributed by atoms with Gasteiger partial charge in [0.15, 0.2) is 5.76 Å². The SMILES string of the molecule is COc1ccc(S(=O)(=O)N(C)C)cc1NC(=O)c1cc2cccc(Br)c2o1. The summed E-state index contributed by atoms with van der Waals surface area (Å²) >= 11 is 3.38. The van der Waals surface area contributed by atoms with Gasteiger partial charge in [0, 0.05) is 19.5 Å². The Morgan fingerprint density at radius 3 is 2.56 bits per heavy atom. The maximum Gasteiger partial charge on any atom is 0.291 e. The van der Waals surface area contributed by atoms with Gasteiger partial charge in [0.1, 0.15) is 11.3 Å². The summed E-state index contributed by atoms with van der Waals surface area (Å²) in [5.74, 6) is -0.0889. The lowest BCUT2D eigenvalue weighted by atomic mass is 10.2. The Hall–Kier alpha value is -2.36. The van der Waals surface area contributed by atoms with Gasteiger partial charge < -0.3 is 14.5 Å². The van der Waals surface area contributed by atoms with Gasteiger partial charge in [-0.1, -0.05) is 12.1 Å². The van der Waals surface area contributed by atoms with Crippen LogP contribution in [-0.4, -0.2) is 39.8 Å². The molecule has 3 aromatic rings. The fourth-order valence-corrected chi connectivity index (χ4v) is 3.87. The summed E-state index contributed by atoms with van der Waals surface area (Å²) in [5, 5.41) is 3.42. The molecular weight excluding hydrogens is 436 g/mol. The number of halogens is 1. The molecule has 7 nitrogen and oxygen atoms in total. The number of hydrogen-bond donors (Lipinski definition) is 1. The van der Waals surface area contributed by atoms with Gasteiger partial charge in [-0.15, -0.1) is 0 Å². The number of nitrogens with zero attached hydrogens (tertiary/aromatic N) is 1. The van der Waals surface area contributed by atoms with Gasteiger partial charge in [0.25, 0.3) is 5.91 Å². The molecule has 0 spiro atoms. The molecule has 0 unspecified atom stereocenters. The van der Waals surface area contributed by atoms with Crippen LogP contribution in [0.1, 0.15) is 10.6 Å². The minimum absolute atomic E-state index is 0.0379. The molecule has 0 saturated heterocycles. The average molecular weight is 453 g/mol. The third kappa shape index (κ3) is 3.71. The molecule has 142 valence electrons. The summed E-state index contributed by atoms with van der Waals surface area (Å²) in [4.78, 5) is 12.7. The summed E-state index contributed by atoms with van der Waals surface area (Å²) in [6.45, 7) is 0. The molecule has 27 heavy (non-hydrogen) atoms. The molecule has 2 aromatic carbocycles. The van der Waals surface area contributed by atoms with E-state index < -0.39 is 15.9 Å². The smallest absolute Gasteiger partial charge is 0.291 e. The molecule has 0 bridgehead atoms. The van der Waals surface area contributed by atoms with Crippen LogP contribution in [-0.2, 0) is 10.0 Å². The molecular formula is C18H17BrN2O5S. The van der Waals surface area contributed by atoms with Crippen LogP contribution < -0.4 is 10.1 Å². The van der Waals surface area contributed by atoms with Crippen LogP contribution in [0.4, 0.5) is 5.69 Å². The molecule has 0 atom stereocenters. The molecule has 1 amide bonds. The van der Waals surface area contributed by atoms with Crippen LogP contribution in [0.25, 0.3) is 11.0 Å². The number of nitrogens with one attached hydrogen (secondary N) is 1. The van der Waals surface area contributed by atoms with Crippen LogP contribution in [0.5, 0.6) is 5.75 Å². The van der Waals surface area contributed by atoms with E-state index in [0.717, 1.165) is 14.2 Å². The monoisotopic (exact) mass is 452 g/mol. The highest BCUT2D eigenvalue weighted by Crippen LogP contribution is 2.31. The fourth-order valence-electron chi connectivity index (χ4n) is 2.48. The van der Waals surface area contributed by atoms with Gasteiger partial charge in [0.05, 0.1) is 22.2 Å².